The van der Waals surface area contributed by atoms with Gasteiger partial charge in [0.1, 0.15) is 0 Å². The first kappa shape index (κ1) is 40.6. The number of nitrogens with zero attached hydrogens (tertiary/aromatic N) is 2. The van der Waals surface area contributed by atoms with Gasteiger partial charge in [-0.25, -0.2) is 9.97 Å². The number of rotatable bonds is 5. The Morgan fingerprint density at radius 3 is 1.15 bits per heavy atom. The first-order valence-electron chi connectivity index (χ1n) is 25.0. The Labute approximate surface area is 419 Å². The molecule has 2 spiro atoms. The van der Waals surface area contributed by atoms with Gasteiger partial charge >= 0.3 is 0 Å². The van der Waals surface area contributed by atoms with Crippen LogP contribution in [0.15, 0.2) is 267 Å². The highest BCUT2D eigenvalue weighted by Crippen LogP contribution is 2.67. The van der Waals surface area contributed by atoms with E-state index in [1.54, 1.807) is 0 Å². The van der Waals surface area contributed by atoms with E-state index in [-0.39, 0.29) is 0 Å². The van der Waals surface area contributed by atoms with Crippen molar-refractivity contribution in [3.05, 3.63) is 311 Å². The van der Waals surface area contributed by atoms with Gasteiger partial charge < -0.3 is 0 Å². The Morgan fingerprint density at radius 2 is 0.597 bits per heavy atom. The number of benzene rings is 11. The third-order valence-electron chi connectivity index (χ3n) is 16.0. The maximum Gasteiger partial charge on any atom is 0.160 e. The molecule has 1 heterocycles. The lowest BCUT2D eigenvalue weighted by atomic mass is 9.52. The second-order valence-electron chi connectivity index (χ2n) is 19.5. The predicted molar refractivity (Wildman–Crippen MR) is 295 cm³/mol. The molecular formula is C70H44N2. The normalized spacial score (nSPS) is 13.8. The van der Waals surface area contributed by atoms with Crippen LogP contribution in [0.5, 0.6) is 0 Å². The molecule has 2 heteroatoms. The lowest BCUT2D eigenvalue weighted by molar-refractivity contribution is 0.633. The molecule has 0 radical (unpaired) electrons. The molecule has 3 aliphatic rings. The summed E-state index contributed by atoms with van der Waals surface area (Å²) in [6.07, 6.45) is 0. The second-order valence-corrected chi connectivity index (χ2v) is 19.5. The molecule has 2 nitrogen and oxygen atoms in total. The summed E-state index contributed by atoms with van der Waals surface area (Å²) in [6.45, 7) is 0. The van der Waals surface area contributed by atoms with Gasteiger partial charge in [-0.05, 0) is 112 Å². The highest BCUT2D eigenvalue weighted by Gasteiger charge is 2.58. The van der Waals surface area contributed by atoms with Crippen molar-refractivity contribution in [2.24, 2.45) is 0 Å². The van der Waals surface area contributed by atoms with E-state index >= 15 is 0 Å². The van der Waals surface area contributed by atoms with E-state index in [1.165, 1.54) is 88.8 Å². The van der Waals surface area contributed by atoms with E-state index in [2.05, 4.69) is 267 Å². The Hall–Kier alpha value is -9.24. The fraction of sp³-hybridized carbons (Fsp3) is 0.0286. The van der Waals surface area contributed by atoms with Gasteiger partial charge in [0.2, 0.25) is 0 Å². The summed E-state index contributed by atoms with van der Waals surface area (Å²) in [7, 11) is 0. The van der Waals surface area contributed by atoms with Crippen molar-refractivity contribution in [2.75, 3.05) is 0 Å². The van der Waals surface area contributed by atoms with Gasteiger partial charge in [0.15, 0.2) is 5.82 Å². The Kier molecular flexibility index (Phi) is 8.82. The highest BCUT2D eigenvalue weighted by molar-refractivity contribution is 6.05. The lowest BCUT2D eigenvalue weighted by Gasteiger charge is -2.49. The molecule has 0 atom stereocenters. The minimum absolute atomic E-state index is 0.523. The van der Waals surface area contributed by atoms with E-state index in [0.717, 1.165) is 39.0 Å². The summed E-state index contributed by atoms with van der Waals surface area (Å²) < 4.78 is 0. The van der Waals surface area contributed by atoms with E-state index in [1.807, 2.05) is 0 Å². The fourth-order valence-corrected chi connectivity index (χ4v) is 13.1. The third-order valence-corrected chi connectivity index (χ3v) is 16.0. The second kappa shape index (κ2) is 15.6. The van der Waals surface area contributed by atoms with Gasteiger partial charge in [-0.2, -0.15) is 0 Å². The van der Waals surface area contributed by atoms with Crippen LogP contribution in [0.3, 0.4) is 0 Å². The zero-order valence-electron chi connectivity index (χ0n) is 39.3. The van der Waals surface area contributed by atoms with Crippen molar-refractivity contribution in [3.63, 3.8) is 0 Å². The van der Waals surface area contributed by atoms with E-state index in [4.69, 9.17) is 9.97 Å². The average Bonchev–Trinajstić information content (AvgIpc) is 3.93. The molecule has 15 rings (SSSR count). The minimum atomic E-state index is -0.557. The van der Waals surface area contributed by atoms with Crippen LogP contribution in [0, 0.1) is 0 Å². The maximum absolute atomic E-state index is 5.39. The van der Waals surface area contributed by atoms with Crippen LogP contribution in [0.4, 0.5) is 0 Å². The molecule has 0 saturated carbocycles. The third kappa shape index (κ3) is 5.60. The van der Waals surface area contributed by atoms with Crippen LogP contribution in [-0.4, -0.2) is 9.97 Å². The summed E-state index contributed by atoms with van der Waals surface area (Å²) in [4.78, 5) is 10.7. The summed E-state index contributed by atoms with van der Waals surface area (Å²) in [5, 5.41) is 2.35. The summed E-state index contributed by atoms with van der Waals surface area (Å²) in [5.74, 6) is 0.690. The molecule has 0 N–H and O–H groups in total. The quantitative estimate of drug-likeness (QED) is 0.172. The van der Waals surface area contributed by atoms with E-state index in [9.17, 15) is 0 Å². The molecule has 72 heavy (non-hydrogen) atoms. The molecule has 11 aromatic carbocycles. The molecule has 0 unspecified atom stereocenters. The van der Waals surface area contributed by atoms with Crippen LogP contribution in [0.1, 0.15) is 44.5 Å². The van der Waals surface area contributed by atoms with Crippen LogP contribution < -0.4 is 0 Å². The predicted octanol–water partition coefficient (Wildman–Crippen LogP) is 17.0. The van der Waals surface area contributed by atoms with Crippen molar-refractivity contribution in [2.45, 2.75) is 10.8 Å². The SMILES string of the molecule is c1ccc(-c2cc(-c3ccc(-c4ccccc4)c4ccccc34)nc(-c3ccc(-c4ccc5c(c4)C4(c6ccccc6-c6ccccc64)c4ccccc4C54c5ccccc5-c5ccccc54)cc3)n2)cc1. The van der Waals surface area contributed by atoms with Gasteiger partial charge in [0, 0.05) is 16.7 Å². The monoisotopic (exact) mass is 912 g/mol. The topological polar surface area (TPSA) is 25.8 Å². The molecule has 0 saturated heterocycles. The van der Waals surface area contributed by atoms with E-state index in [0.29, 0.717) is 5.82 Å². The fourth-order valence-electron chi connectivity index (χ4n) is 13.1. The van der Waals surface area contributed by atoms with E-state index < -0.39 is 10.8 Å². The van der Waals surface area contributed by atoms with Gasteiger partial charge in [-0.1, -0.05) is 255 Å². The smallest absolute Gasteiger partial charge is 0.160 e. The largest absolute Gasteiger partial charge is 0.228 e. The maximum atomic E-state index is 5.39. The average molecular weight is 913 g/mol. The molecule has 0 bridgehead atoms. The summed E-state index contributed by atoms with van der Waals surface area (Å²) in [6, 6.07) is 98.4. The number of hydrogen-bond donors (Lipinski definition) is 0. The molecule has 0 aliphatic heterocycles. The highest BCUT2D eigenvalue weighted by atomic mass is 14.9. The van der Waals surface area contributed by atoms with Crippen LogP contribution in [0.25, 0.3) is 89.2 Å². The van der Waals surface area contributed by atoms with Crippen LogP contribution in [-0.2, 0) is 10.8 Å². The van der Waals surface area contributed by atoms with Crippen molar-refractivity contribution in [1.29, 1.82) is 0 Å². The standard InChI is InChI=1S/C70H44N2/c1-3-19-46(20-4-1)50-40-41-57(52-24-8-7-23-51(50)52)67-44-66(47-21-5-2-6-22-47)71-68(72-67)48-37-35-45(36-38-48)49-39-42-64-65(43-49)70(60-31-15-11-27-55(60)56-28-12-16-32-61(56)70)63-34-18-17-33-62(63)69(64)58-29-13-9-25-53(58)54-26-10-14-30-59(54)69/h1-44H. The molecule has 0 amide bonds. The van der Waals surface area contributed by atoms with Crippen LogP contribution >= 0.6 is 0 Å². The van der Waals surface area contributed by atoms with Crippen LogP contribution in [0.2, 0.25) is 0 Å². The number of hydrogen-bond acceptors (Lipinski definition) is 2. The Morgan fingerprint density at radius 1 is 0.208 bits per heavy atom. The number of aromatic nitrogens is 2. The molecular weight excluding hydrogens is 869 g/mol. The first-order valence-corrected chi connectivity index (χ1v) is 25.0. The molecule has 0 fully saturated rings. The van der Waals surface area contributed by atoms with Crippen molar-refractivity contribution in [3.8, 4) is 78.4 Å². The van der Waals surface area contributed by atoms with Gasteiger partial charge in [0.25, 0.3) is 0 Å². The summed E-state index contributed by atoms with van der Waals surface area (Å²) in [5.41, 5.74) is 24.3. The summed E-state index contributed by atoms with van der Waals surface area (Å²) >= 11 is 0. The lowest BCUT2D eigenvalue weighted by Crippen LogP contribution is -2.43. The minimum Gasteiger partial charge on any atom is -0.228 e. The van der Waals surface area contributed by atoms with Gasteiger partial charge in [-0.15, -0.1) is 0 Å². The van der Waals surface area contributed by atoms with Crippen molar-refractivity contribution in [1.82, 2.24) is 9.97 Å². The van der Waals surface area contributed by atoms with Gasteiger partial charge in [0.05, 0.1) is 22.2 Å². The van der Waals surface area contributed by atoms with Crippen molar-refractivity contribution < 1.29 is 0 Å². The molecule has 1 aromatic heterocycles. The number of fused-ring (bicyclic) bond motifs is 17. The molecule has 12 aromatic rings. The molecule has 3 aliphatic carbocycles. The zero-order valence-corrected chi connectivity index (χ0v) is 39.3. The Balaban J connectivity index is 0.925. The first-order chi connectivity index (χ1) is 35.7. The molecule has 334 valence electrons. The van der Waals surface area contributed by atoms with Crippen molar-refractivity contribution >= 4 is 10.8 Å². The zero-order chi connectivity index (χ0) is 47.4. The van der Waals surface area contributed by atoms with Gasteiger partial charge in [-0.3, -0.25) is 0 Å². The Bertz CT molecular complexity index is 4060.